The third-order valence-corrected chi connectivity index (χ3v) is 5.38. The molecule has 0 saturated carbocycles. The monoisotopic (exact) mass is 452 g/mol. The highest BCUT2D eigenvalue weighted by atomic mass is 16.5. The molecular weight excluding hydrogens is 428 g/mol. The molecule has 0 unspecified atom stereocenters. The van der Waals surface area contributed by atoms with Crippen molar-refractivity contribution in [1.29, 1.82) is 0 Å². The summed E-state index contributed by atoms with van der Waals surface area (Å²) in [6, 6.07) is 25.6. The number of nitrogens with zero attached hydrogens (tertiary/aromatic N) is 4. The molecule has 0 amide bonds. The molecule has 2 N–H and O–H groups in total. The molecule has 0 aliphatic rings. The highest BCUT2D eigenvalue weighted by molar-refractivity contribution is 5.91. The molecule has 0 radical (unpaired) electrons. The van der Waals surface area contributed by atoms with Crippen LogP contribution in [0.4, 0.5) is 17.5 Å². The minimum atomic E-state index is 0.485. The first-order chi connectivity index (χ1) is 16.7. The number of nitrogens with one attached hydrogen (secondary N) is 2. The van der Waals surface area contributed by atoms with Crippen LogP contribution >= 0.6 is 0 Å². The van der Waals surface area contributed by atoms with E-state index >= 15 is 0 Å². The lowest BCUT2D eigenvalue weighted by atomic mass is 10.2. The maximum absolute atomic E-state index is 5.54. The van der Waals surface area contributed by atoms with Gasteiger partial charge < -0.3 is 20.1 Å². The van der Waals surface area contributed by atoms with Crippen molar-refractivity contribution >= 4 is 28.5 Å². The van der Waals surface area contributed by atoms with Gasteiger partial charge in [-0.05, 0) is 29.8 Å². The highest BCUT2D eigenvalue weighted by Crippen LogP contribution is 2.34. The third kappa shape index (κ3) is 4.33. The Kier molecular flexibility index (Phi) is 5.94. The van der Waals surface area contributed by atoms with Gasteiger partial charge in [0.2, 0.25) is 5.95 Å². The molecule has 5 rings (SSSR count). The summed E-state index contributed by atoms with van der Waals surface area (Å²) in [5, 5.41) is 12.1. The Morgan fingerprint density at radius 3 is 2.35 bits per heavy atom. The number of methoxy groups -OCH3 is 2. The van der Waals surface area contributed by atoms with Crippen LogP contribution in [0.1, 0.15) is 5.56 Å². The maximum atomic E-state index is 5.54. The molecule has 34 heavy (non-hydrogen) atoms. The minimum Gasteiger partial charge on any atom is -0.497 e. The minimum absolute atomic E-state index is 0.485. The third-order valence-electron chi connectivity index (χ3n) is 5.38. The van der Waals surface area contributed by atoms with Crippen molar-refractivity contribution < 1.29 is 9.47 Å². The van der Waals surface area contributed by atoms with Crippen molar-refractivity contribution in [3.8, 4) is 17.2 Å². The van der Waals surface area contributed by atoms with Gasteiger partial charge in [0.05, 0.1) is 37.2 Å². The lowest BCUT2D eigenvalue weighted by Gasteiger charge is -2.14. The van der Waals surface area contributed by atoms with Crippen LogP contribution in [0.5, 0.6) is 11.5 Å². The SMILES string of the molecule is COc1ccc(OC)c(Nc2nc(NCc3ccccc3)nc3c2cnn3-c2ccccc2)c1. The van der Waals surface area contributed by atoms with E-state index in [1.54, 1.807) is 25.1 Å². The zero-order valence-corrected chi connectivity index (χ0v) is 18.9. The standard InChI is InChI=1S/C26H24N6O2/c1-33-20-13-14-23(34-2)22(15-20)29-24-21-17-28-32(19-11-7-4-8-12-19)25(21)31-26(30-24)27-16-18-9-5-3-6-10-18/h3-15,17H,16H2,1-2H3,(H2,27,29,30,31). The number of hydrogen-bond donors (Lipinski definition) is 2. The summed E-state index contributed by atoms with van der Waals surface area (Å²) in [5.74, 6) is 2.46. The molecule has 5 aromatic rings. The van der Waals surface area contributed by atoms with E-state index in [0.29, 0.717) is 35.5 Å². The topological polar surface area (TPSA) is 86.1 Å². The zero-order chi connectivity index (χ0) is 23.3. The Morgan fingerprint density at radius 2 is 1.62 bits per heavy atom. The van der Waals surface area contributed by atoms with Crippen LogP contribution in [0.15, 0.2) is 85.1 Å². The summed E-state index contributed by atoms with van der Waals surface area (Å²) in [6.07, 6.45) is 1.76. The van der Waals surface area contributed by atoms with Gasteiger partial charge in [0.25, 0.3) is 0 Å². The number of anilines is 3. The average molecular weight is 453 g/mol. The molecule has 0 aliphatic carbocycles. The van der Waals surface area contributed by atoms with Crippen LogP contribution in [0.3, 0.4) is 0 Å². The summed E-state index contributed by atoms with van der Waals surface area (Å²) in [7, 11) is 3.26. The van der Waals surface area contributed by atoms with Crippen molar-refractivity contribution in [2.75, 3.05) is 24.9 Å². The van der Waals surface area contributed by atoms with Gasteiger partial charge in [0.1, 0.15) is 17.3 Å². The Balaban J connectivity index is 1.59. The molecule has 0 saturated heterocycles. The molecule has 0 aliphatic heterocycles. The van der Waals surface area contributed by atoms with Gasteiger partial charge in [0.15, 0.2) is 5.65 Å². The first-order valence-corrected chi connectivity index (χ1v) is 10.8. The number of para-hydroxylation sites is 1. The number of benzene rings is 3. The fourth-order valence-corrected chi connectivity index (χ4v) is 3.66. The molecule has 3 aromatic carbocycles. The first-order valence-electron chi connectivity index (χ1n) is 10.8. The molecule has 0 spiro atoms. The van der Waals surface area contributed by atoms with Gasteiger partial charge in [-0.1, -0.05) is 48.5 Å². The Hall–Kier alpha value is -4.59. The van der Waals surface area contributed by atoms with Crippen LogP contribution < -0.4 is 20.1 Å². The molecule has 0 bridgehead atoms. The van der Waals surface area contributed by atoms with Crippen molar-refractivity contribution in [2.45, 2.75) is 6.54 Å². The van der Waals surface area contributed by atoms with Crippen molar-refractivity contribution in [3.63, 3.8) is 0 Å². The van der Waals surface area contributed by atoms with Gasteiger partial charge in [-0.2, -0.15) is 15.1 Å². The lowest BCUT2D eigenvalue weighted by Crippen LogP contribution is -2.07. The van der Waals surface area contributed by atoms with E-state index in [2.05, 4.69) is 27.9 Å². The predicted octanol–water partition coefficient (Wildman–Crippen LogP) is 5.19. The maximum Gasteiger partial charge on any atom is 0.227 e. The number of rotatable bonds is 8. The average Bonchev–Trinajstić information content (AvgIpc) is 3.33. The Bertz CT molecular complexity index is 1400. The van der Waals surface area contributed by atoms with Crippen LogP contribution in [0.25, 0.3) is 16.7 Å². The molecule has 0 atom stereocenters. The van der Waals surface area contributed by atoms with Gasteiger partial charge in [-0.3, -0.25) is 0 Å². The second-order valence-electron chi connectivity index (χ2n) is 7.56. The van der Waals surface area contributed by atoms with Crippen LogP contribution in [-0.2, 0) is 6.54 Å². The number of aromatic nitrogens is 4. The van der Waals surface area contributed by atoms with E-state index in [1.165, 1.54) is 0 Å². The summed E-state index contributed by atoms with van der Waals surface area (Å²) in [6.45, 7) is 0.591. The molecule has 2 heterocycles. The van der Waals surface area contributed by atoms with E-state index < -0.39 is 0 Å². The molecule has 0 fully saturated rings. The number of hydrogen-bond acceptors (Lipinski definition) is 7. The number of ether oxygens (including phenoxy) is 2. The predicted molar refractivity (Wildman–Crippen MR) is 133 cm³/mol. The van der Waals surface area contributed by atoms with Crippen LogP contribution in [-0.4, -0.2) is 34.0 Å². The van der Waals surface area contributed by atoms with Gasteiger partial charge >= 0.3 is 0 Å². The second kappa shape index (κ2) is 9.50. The molecule has 8 nitrogen and oxygen atoms in total. The van der Waals surface area contributed by atoms with Crippen molar-refractivity contribution in [1.82, 2.24) is 19.7 Å². The normalized spacial score (nSPS) is 10.8. The summed E-state index contributed by atoms with van der Waals surface area (Å²) < 4.78 is 12.7. The van der Waals surface area contributed by atoms with E-state index in [4.69, 9.17) is 19.4 Å². The highest BCUT2D eigenvalue weighted by Gasteiger charge is 2.16. The fraction of sp³-hybridized carbons (Fsp3) is 0.115. The van der Waals surface area contributed by atoms with Crippen LogP contribution in [0, 0.1) is 0 Å². The zero-order valence-electron chi connectivity index (χ0n) is 18.9. The fourth-order valence-electron chi connectivity index (χ4n) is 3.66. The quantitative estimate of drug-likeness (QED) is 0.335. The largest absolute Gasteiger partial charge is 0.497 e. The molecule has 170 valence electrons. The lowest BCUT2D eigenvalue weighted by molar-refractivity contribution is 0.405. The van der Waals surface area contributed by atoms with E-state index in [-0.39, 0.29) is 0 Å². The van der Waals surface area contributed by atoms with Crippen molar-refractivity contribution in [2.24, 2.45) is 0 Å². The Labute approximate surface area is 197 Å². The number of fused-ring (bicyclic) bond motifs is 1. The first kappa shape index (κ1) is 21.3. The van der Waals surface area contributed by atoms with E-state index in [9.17, 15) is 0 Å². The second-order valence-corrected chi connectivity index (χ2v) is 7.56. The molecule has 8 heteroatoms. The molecule has 2 aromatic heterocycles. The van der Waals surface area contributed by atoms with Gasteiger partial charge in [-0.25, -0.2) is 4.68 Å². The smallest absolute Gasteiger partial charge is 0.227 e. The van der Waals surface area contributed by atoms with Crippen molar-refractivity contribution in [3.05, 3.63) is 90.6 Å². The summed E-state index contributed by atoms with van der Waals surface area (Å²) >= 11 is 0. The van der Waals surface area contributed by atoms with E-state index in [0.717, 1.165) is 22.3 Å². The Morgan fingerprint density at radius 1 is 0.853 bits per heavy atom. The van der Waals surface area contributed by atoms with Gasteiger partial charge in [0, 0.05) is 12.6 Å². The van der Waals surface area contributed by atoms with Crippen LogP contribution in [0.2, 0.25) is 0 Å². The van der Waals surface area contributed by atoms with Gasteiger partial charge in [-0.15, -0.1) is 0 Å². The summed E-state index contributed by atoms with van der Waals surface area (Å²) in [4.78, 5) is 9.55. The van der Waals surface area contributed by atoms with E-state index in [1.807, 2.05) is 66.7 Å². The summed E-state index contributed by atoms with van der Waals surface area (Å²) in [5.41, 5.74) is 3.45. The molecular formula is C26H24N6O2.